The molecule has 0 heterocycles. The second-order valence-electron chi connectivity index (χ2n) is 11.7. The Morgan fingerprint density at radius 3 is 2.21 bits per heavy atom. The van der Waals surface area contributed by atoms with Gasteiger partial charge in [0.15, 0.2) is 0 Å². The lowest BCUT2D eigenvalue weighted by Crippen LogP contribution is -2.56. The van der Waals surface area contributed by atoms with Gasteiger partial charge in [-0.2, -0.15) is 0 Å². The van der Waals surface area contributed by atoms with Crippen LogP contribution < -0.4 is 16.4 Å². The molecular weight excluding hydrogens is 496 g/mol. The fraction of sp³-hybridized carbons (Fsp3) is 0.667. The van der Waals surface area contributed by atoms with Crippen LogP contribution in [0.15, 0.2) is 24.3 Å². The molecule has 0 fully saturated rings. The molecule has 0 aliphatic carbocycles. The van der Waals surface area contributed by atoms with Crippen LogP contribution in [0.3, 0.4) is 0 Å². The third-order valence-electron chi connectivity index (χ3n) is 6.40. The quantitative estimate of drug-likeness (QED) is 0.273. The summed E-state index contributed by atoms with van der Waals surface area (Å²) < 4.78 is 5.41. The zero-order valence-corrected chi connectivity index (χ0v) is 25.1. The third-order valence-corrected chi connectivity index (χ3v) is 6.40. The minimum Gasteiger partial charge on any atom is -0.444 e. The predicted molar refractivity (Wildman–Crippen MR) is 154 cm³/mol. The van der Waals surface area contributed by atoms with Gasteiger partial charge < -0.3 is 26.0 Å². The lowest BCUT2D eigenvalue weighted by atomic mass is 9.94. The van der Waals surface area contributed by atoms with E-state index in [2.05, 4.69) is 24.5 Å². The lowest BCUT2D eigenvalue weighted by molar-refractivity contribution is -0.145. The summed E-state index contributed by atoms with van der Waals surface area (Å²) in [5.74, 6) is -0.943. The molecule has 9 nitrogen and oxygen atoms in total. The Kier molecular flexibility index (Phi) is 14.0. The van der Waals surface area contributed by atoms with Crippen molar-refractivity contribution in [2.75, 3.05) is 6.54 Å². The maximum absolute atomic E-state index is 14.3. The minimum atomic E-state index is -1.11. The van der Waals surface area contributed by atoms with Gasteiger partial charge in [-0.1, -0.05) is 51.5 Å². The van der Waals surface area contributed by atoms with E-state index in [1.54, 1.807) is 25.7 Å². The second-order valence-corrected chi connectivity index (χ2v) is 11.7. The molecule has 1 rings (SSSR count). The topological polar surface area (TPSA) is 131 Å². The maximum atomic E-state index is 14.3. The number of hydrogen-bond donors (Lipinski definition) is 3. The fourth-order valence-electron chi connectivity index (χ4n) is 4.28. The molecule has 3 atom stereocenters. The Morgan fingerprint density at radius 1 is 1.03 bits per heavy atom. The molecule has 220 valence electrons. The van der Waals surface area contributed by atoms with Crippen LogP contribution in [0.1, 0.15) is 104 Å². The van der Waals surface area contributed by atoms with Crippen LogP contribution in [-0.2, 0) is 19.1 Å². The number of nitrogens with two attached hydrogens (primary N) is 1. The first-order valence-corrected chi connectivity index (χ1v) is 14.1. The van der Waals surface area contributed by atoms with Crippen LogP contribution in [0.5, 0.6) is 0 Å². The van der Waals surface area contributed by atoms with Crippen molar-refractivity contribution < 1.29 is 23.9 Å². The zero-order valence-electron chi connectivity index (χ0n) is 25.1. The second kappa shape index (κ2) is 16.1. The van der Waals surface area contributed by atoms with Gasteiger partial charge in [0.2, 0.25) is 17.7 Å². The molecule has 4 N–H and O–H groups in total. The van der Waals surface area contributed by atoms with Gasteiger partial charge in [-0.15, -0.1) is 0 Å². The number of ether oxygens (including phenoxy) is 1. The molecule has 3 unspecified atom stereocenters. The number of benzene rings is 1. The summed E-state index contributed by atoms with van der Waals surface area (Å²) in [6.07, 6.45) is 2.32. The highest BCUT2D eigenvalue weighted by Gasteiger charge is 2.39. The van der Waals surface area contributed by atoms with Crippen LogP contribution in [0.25, 0.3) is 0 Å². The molecule has 0 radical (unpaired) electrons. The third kappa shape index (κ3) is 12.1. The summed E-state index contributed by atoms with van der Waals surface area (Å²) in [4.78, 5) is 54.1. The number of aryl methyl sites for hydroxylation is 1. The minimum absolute atomic E-state index is 0.0151. The van der Waals surface area contributed by atoms with E-state index in [0.29, 0.717) is 24.4 Å². The highest BCUT2D eigenvalue weighted by Crippen LogP contribution is 2.30. The van der Waals surface area contributed by atoms with Crippen LogP contribution in [0.2, 0.25) is 0 Å². The average Bonchev–Trinajstić information content (AvgIpc) is 2.82. The number of primary amides is 1. The number of unbranched alkanes of at least 4 members (excludes halogenated alkanes) is 1. The number of alkyl carbamates (subject to hydrolysis) is 1. The van der Waals surface area contributed by atoms with Gasteiger partial charge in [0.1, 0.15) is 17.7 Å². The average molecular weight is 547 g/mol. The first-order chi connectivity index (χ1) is 18.2. The van der Waals surface area contributed by atoms with Gasteiger partial charge in [0, 0.05) is 19.0 Å². The molecule has 0 bridgehead atoms. The number of rotatable bonds is 15. The summed E-state index contributed by atoms with van der Waals surface area (Å²) in [7, 11) is 0. The predicted octanol–water partition coefficient (Wildman–Crippen LogP) is 4.76. The molecule has 0 aliphatic rings. The van der Waals surface area contributed by atoms with Crippen molar-refractivity contribution in [2.24, 2.45) is 11.7 Å². The van der Waals surface area contributed by atoms with Gasteiger partial charge in [-0.05, 0) is 77.3 Å². The largest absolute Gasteiger partial charge is 0.444 e. The van der Waals surface area contributed by atoms with Gasteiger partial charge >= 0.3 is 6.09 Å². The number of hydrogen-bond acceptors (Lipinski definition) is 5. The molecule has 1 aromatic carbocycles. The van der Waals surface area contributed by atoms with Crippen LogP contribution in [-0.4, -0.2) is 52.9 Å². The van der Waals surface area contributed by atoms with Crippen molar-refractivity contribution in [3.8, 4) is 0 Å². The Hall–Kier alpha value is -3.10. The smallest absolute Gasteiger partial charge is 0.408 e. The Bertz CT molecular complexity index is 957. The summed E-state index contributed by atoms with van der Waals surface area (Å²) in [5, 5.41) is 5.66. The highest BCUT2D eigenvalue weighted by atomic mass is 16.6. The summed E-state index contributed by atoms with van der Waals surface area (Å²) in [6.45, 7) is 15.7. The molecule has 0 saturated carbocycles. The highest BCUT2D eigenvalue weighted by molar-refractivity contribution is 5.93. The first kappa shape index (κ1) is 33.9. The monoisotopic (exact) mass is 546 g/mol. The summed E-state index contributed by atoms with van der Waals surface area (Å²) >= 11 is 0. The normalized spacial score (nSPS) is 13.8. The van der Waals surface area contributed by atoms with E-state index in [0.717, 1.165) is 24.8 Å². The van der Waals surface area contributed by atoms with E-state index >= 15 is 0 Å². The molecule has 0 aliphatic heterocycles. The first-order valence-electron chi connectivity index (χ1n) is 14.1. The lowest BCUT2D eigenvalue weighted by Gasteiger charge is -2.39. The van der Waals surface area contributed by atoms with E-state index in [-0.39, 0.29) is 24.8 Å². The number of amides is 4. The van der Waals surface area contributed by atoms with Gasteiger partial charge in [-0.3, -0.25) is 14.4 Å². The molecule has 0 saturated heterocycles. The molecule has 9 heteroatoms. The van der Waals surface area contributed by atoms with E-state index in [1.165, 1.54) is 0 Å². The van der Waals surface area contributed by atoms with Gasteiger partial charge in [0.05, 0.1) is 0 Å². The summed E-state index contributed by atoms with van der Waals surface area (Å²) in [5.41, 5.74) is 6.20. The van der Waals surface area contributed by atoms with Crippen molar-refractivity contribution in [3.05, 3.63) is 35.4 Å². The van der Waals surface area contributed by atoms with Crippen LogP contribution in [0, 0.1) is 12.8 Å². The zero-order chi connectivity index (χ0) is 29.8. The molecule has 0 aromatic heterocycles. The Morgan fingerprint density at radius 2 is 1.67 bits per heavy atom. The van der Waals surface area contributed by atoms with Crippen LogP contribution in [0.4, 0.5) is 4.79 Å². The fourth-order valence-corrected chi connectivity index (χ4v) is 4.28. The molecule has 0 spiro atoms. The van der Waals surface area contributed by atoms with Crippen molar-refractivity contribution in [1.82, 2.24) is 15.5 Å². The van der Waals surface area contributed by atoms with Gasteiger partial charge in [-0.25, -0.2) is 4.79 Å². The van der Waals surface area contributed by atoms with Crippen molar-refractivity contribution >= 4 is 23.8 Å². The standard InChI is InChI=1S/C30H50N4O5/c1-9-10-19-32-27(36)26(23-14-12-11-13-21(23)4)34(22(5)16-15-20(2)3)28(37)24(17-18-25(31)35)33-29(38)39-30(6,7)8/h11-14,20,22,24,26H,9-10,15-19H2,1-8H3,(H2,31,35)(H,32,36)(H,33,38). The van der Waals surface area contributed by atoms with E-state index < -0.39 is 35.6 Å². The summed E-state index contributed by atoms with van der Waals surface area (Å²) in [6, 6.07) is 5.13. The molecular formula is C30H50N4O5. The Balaban J connectivity index is 3.61. The number of nitrogens with one attached hydrogen (secondary N) is 2. The van der Waals surface area contributed by atoms with Crippen LogP contribution >= 0.6 is 0 Å². The molecule has 39 heavy (non-hydrogen) atoms. The van der Waals surface area contributed by atoms with Crippen molar-refractivity contribution in [2.45, 2.75) is 118 Å². The number of carbonyl (C=O) groups is 4. The number of nitrogens with zero attached hydrogens (tertiary/aromatic N) is 1. The van der Waals surface area contributed by atoms with Crippen molar-refractivity contribution in [3.63, 3.8) is 0 Å². The van der Waals surface area contributed by atoms with E-state index in [4.69, 9.17) is 10.5 Å². The maximum Gasteiger partial charge on any atom is 0.408 e. The number of carbonyl (C=O) groups excluding carboxylic acids is 4. The van der Waals surface area contributed by atoms with Crippen molar-refractivity contribution in [1.29, 1.82) is 0 Å². The van der Waals surface area contributed by atoms with Gasteiger partial charge in [0.25, 0.3) is 0 Å². The van der Waals surface area contributed by atoms with E-state index in [1.807, 2.05) is 45.0 Å². The SMILES string of the molecule is CCCCNC(=O)C(c1ccccc1C)N(C(=O)C(CCC(N)=O)NC(=O)OC(C)(C)C)C(C)CCC(C)C. The molecule has 4 amide bonds. The Labute approximate surface area is 234 Å². The van der Waals surface area contributed by atoms with E-state index in [9.17, 15) is 19.2 Å². The molecule has 1 aromatic rings.